The fourth-order valence-electron chi connectivity index (χ4n) is 5.28. The van der Waals surface area contributed by atoms with Gasteiger partial charge in [-0.1, -0.05) is 18.2 Å². The quantitative estimate of drug-likeness (QED) is 0.212. The third-order valence-corrected chi connectivity index (χ3v) is 7.49. The Morgan fingerprint density at radius 1 is 1.26 bits per heavy atom. The molecule has 0 aliphatic carbocycles. The zero-order valence-electron chi connectivity index (χ0n) is 22.4. The number of nitrogens with one attached hydrogen (secondary N) is 2. The van der Waals surface area contributed by atoms with Crippen molar-refractivity contribution in [2.24, 2.45) is 0 Å². The number of nitriles is 1. The molecule has 2 aliphatic heterocycles. The minimum absolute atomic E-state index is 0.0821. The predicted molar refractivity (Wildman–Crippen MR) is 145 cm³/mol. The number of benzene rings is 1. The van der Waals surface area contributed by atoms with Crippen molar-refractivity contribution in [1.82, 2.24) is 20.4 Å². The highest BCUT2D eigenvalue weighted by molar-refractivity contribution is 6.43. The molecule has 1 aromatic heterocycles. The van der Waals surface area contributed by atoms with E-state index in [0.29, 0.717) is 31.8 Å². The molecular formula is C27H36BN5O6. The van der Waals surface area contributed by atoms with Gasteiger partial charge in [-0.15, -0.1) is 0 Å². The van der Waals surface area contributed by atoms with E-state index in [1.807, 2.05) is 38.1 Å². The Morgan fingerprint density at radius 2 is 2.00 bits per heavy atom. The summed E-state index contributed by atoms with van der Waals surface area (Å²) in [5, 5.41) is 35.8. The zero-order chi connectivity index (χ0) is 28.0. The number of hydrogen-bond acceptors (Lipinski definition) is 8. The summed E-state index contributed by atoms with van der Waals surface area (Å²) in [6.45, 7) is 7.30. The van der Waals surface area contributed by atoms with Crippen LogP contribution in [0.2, 0.25) is 0 Å². The van der Waals surface area contributed by atoms with E-state index in [1.165, 1.54) is 0 Å². The van der Waals surface area contributed by atoms with Crippen molar-refractivity contribution in [3.8, 4) is 6.07 Å². The highest BCUT2D eigenvalue weighted by Crippen LogP contribution is 2.24. The fraction of sp³-hybridized carbons (Fsp3) is 0.519. The molecule has 12 heteroatoms. The van der Waals surface area contributed by atoms with Gasteiger partial charge < -0.3 is 34.7 Å². The van der Waals surface area contributed by atoms with Gasteiger partial charge in [0, 0.05) is 43.1 Å². The number of furan rings is 1. The number of morpholine rings is 1. The van der Waals surface area contributed by atoms with Crippen LogP contribution in [0.1, 0.15) is 32.3 Å². The zero-order valence-corrected chi connectivity index (χ0v) is 22.4. The Balaban J connectivity index is 1.35. The molecule has 4 N–H and O–H groups in total. The van der Waals surface area contributed by atoms with Crippen molar-refractivity contribution in [2.75, 3.05) is 39.4 Å². The van der Waals surface area contributed by atoms with Gasteiger partial charge in [0.1, 0.15) is 17.2 Å². The first-order valence-corrected chi connectivity index (χ1v) is 13.3. The van der Waals surface area contributed by atoms with E-state index in [2.05, 4.69) is 21.6 Å². The van der Waals surface area contributed by atoms with Crippen LogP contribution in [0.15, 0.2) is 46.6 Å². The second-order valence-corrected chi connectivity index (χ2v) is 10.6. The number of urea groups is 1. The number of rotatable bonds is 9. The molecule has 11 nitrogen and oxygen atoms in total. The van der Waals surface area contributed by atoms with Crippen LogP contribution in [0.5, 0.6) is 0 Å². The minimum atomic E-state index is -1.79. The summed E-state index contributed by atoms with van der Waals surface area (Å²) in [4.78, 5) is 29.8. The second-order valence-electron chi connectivity index (χ2n) is 10.6. The summed E-state index contributed by atoms with van der Waals surface area (Å²) in [5.74, 6) is -1.32. The molecule has 2 atom stereocenters. The van der Waals surface area contributed by atoms with Gasteiger partial charge in [0.2, 0.25) is 0 Å². The molecule has 39 heavy (non-hydrogen) atoms. The molecule has 0 spiro atoms. The topological polar surface area (TPSA) is 151 Å². The predicted octanol–water partition coefficient (Wildman–Crippen LogP) is 1.21. The summed E-state index contributed by atoms with van der Waals surface area (Å²) < 4.78 is 10.9. The fourth-order valence-corrected chi connectivity index (χ4v) is 5.28. The van der Waals surface area contributed by atoms with Gasteiger partial charge in [0.05, 0.1) is 25.4 Å². The van der Waals surface area contributed by atoms with Crippen molar-refractivity contribution in [2.45, 2.75) is 50.6 Å². The van der Waals surface area contributed by atoms with E-state index < -0.39 is 24.6 Å². The number of para-hydroxylation sites is 1. The van der Waals surface area contributed by atoms with Crippen molar-refractivity contribution >= 4 is 30.0 Å². The van der Waals surface area contributed by atoms with Gasteiger partial charge in [-0.25, -0.2) is 4.79 Å². The van der Waals surface area contributed by atoms with Gasteiger partial charge >= 0.3 is 13.1 Å². The maximum atomic E-state index is 13.3. The number of carbonyl (C=O) groups excluding carboxylic acids is 2. The molecule has 2 fully saturated rings. The van der Waals surface area contributed by atoms with Gasteiger partial charge in [-0.3, -0.25) is 9.69 Å². The van der Waals surface area contributed by atoms with E-state index in [4.69, 9.17) is 9.15 Å². The monoisotopic (exact) mass is 537 g/mol. The Bertz CT molecular complexity index is 1230. The first-order chi connectivity index (χ1) is 18.7. The molecule has 0 bridgehead atoms. The average molecular weight is 537 g/mol. The third kappa shape index (κ3) is 6.99. The smallest absolute Gasteiger partial charge is 0.464 e. The largest absolute Gasteiger partial charge is 0.475 e. The van der Waals surface area contributed by atoms with Crippen LogP contribution in [0.4, 0.5) is 4.79 Å². The molecule has 2 aromatic rings. The van der Waals surface area contributed by atoms with Gasteiger partial charge in [-0.05, 0) is 50.8 Å². The lowest BCUT2D eigenvalue weighted by Crippen LogP contribution is -2.53. The normalized spacial score (nSPS) is 19.5. The molecule has 2 aliphatic rings. The van der Waals surface area contributed by atoms with E-state index in [9.17, 15) is 24.9 Å². The molecule has 0 unspecified atom stereocenters. The van der Waals surface area contributed by atoms with E-state index >= 15 is 0 Å². The molecule has 3 heterocycles. The summed E-state index contributed by atoms with van der Waals surface area (Å²) in [6, 6.07) is 8.61. The number of amides is 3. The molecule has 0 saturated carbocycles. The average Bonchev–Trinajstić information content (AvgIpc) is 3.57. The number of fused-ring (bicyclic) bond motifs is 1. The van der Waals surface area contributed by atoms with Gasteiger partial charge in [0.15, 0.2) is 0 Å². The SMILES string of the molecule is CC(C)(C=C(C#N)C(=O)N1CCC[C@@H]1CNC(=O)N[C@@H](Cc1coc2ccccc12)B(O)O)N1CCOCC1. The number of nitrogens with zero attached hydrogens (tertiary/aromatic N) is 3. The molecule has 0 radical (unpaired) electrons. The van der Waals surface area contributed by atoms with Crippen LogP contribution in [0, 0.1) is 11.3 Å². The number of likely N-dealkylation sites (tertiary alicyclic amines) is 1. The van der Waals surface area contributed by atoms with Crippen molar-refractivity contribution in [1.29, 1.82) is 5.26 Å². The maximum Gasteiger partial charge on any atom is 0.475 e. The van der Waals surface area contributed by atoms with E-state index in [0.717, 1.165) is 30.5 Å². The van der Waals surface area contributed by atoms with Crippen molar-refractivity contribution in [3.63, 3.8) is 0 Å². The van der Waals surface area contributed by atoms with Crippen molar-refractivity contribution in [3.05, 3.63) is 47.7 Å². The lowest BCUT2D eigenvalue weighted by molar-refractivity contribution is -0.127. The molecule has 2 saturated heterocycles. The first-order valence-electron chi connectivity index (χ1n) is 13.3. The van der Waals surface area contributed by atoms with Crippen LogP contribution in [-0.4, -0.2) is 95.8 Å². The highest BCUT2D eigenvalue weighted by atomic mass is 16.5. The highest BCUT2D eigenvalue weighted by Gasteiger charge is 2.34. The summed E-state index contributed by atoms with van der Waals surface area (Å²) >= 11 is 0. The van der Waals surface area contributed by atoms with Crippen LogP contribution in [0.3, 0.4) is 0 Å². The van der Waals surface area contributed by atoms with E-state index in [-0.39, 0.29) is 30.5 Å². The first kappa shape index (κ1) is 28.6. The Kier molecular flexibility index (Phi) is 9.30. The maximum absolute atomic E-state index is 13.3. The molecule has 208 valence electrons. The lowest BCUT2D eigenvalue weighted by Gasteiger charge is -2.39. The number of ether oxygens (including phenoxy) is 1. The number of hydrogen-bond donors (Lipinski definition) is 4. The van der Waals surface area contributed by atoms with Crippen LogP contribution in [0.25, 0.3) is 11.0 Å². The molecule has 4 rings (SSSR count). The Hall–Kier alpha value is -3.37. The van der Waals surface area contributed by atoms with Crippen LogP contribution in [-0.2, 0) is 16.0 Å². The Morgan fingerprint density at radius 3 is 2.72 bits per heavy atom. The van der Waals surface area contributed by atoms with Crippen LogP contribution < -0.4 is 10.6 Å². The minimum Gasteiger partial charge on any atom is -0.464 e. The second kappa shape index (κ2) is 12.7. The standard InChI is InChI=1S/C27H36BN5O6/c1-27(2,32-10-12-38-13-11-32)15-20(16-29)25(34)33-9-5-6-21(33)17-30-26(35)31-24(28(36)37)14-19-18-39-23-8-4-3-7-22(19)23/h3-4,7-8,15,18,21,24,36-37H,5-6,9-14,17H2,1-2H3,(H2,30,31,35)/t21-,24+/m1/s1. The van der Waals surface area contributed by atoms with E-state index in [1.54, 1.807) is 17.2 Å². The molecule has 1 aromatic carbocycles. The summed E-state index contributed by atoms with van der Waals surface area (Å²) in [7, 11) is -1.79. The summed E-state index contributed by atoms with van der Waals surface area (Å²) in [5.41, 5.74) is 1.01. The number of carbonyl (C=O) groups is 2. The third-order valence-electron chi connectivity index (χ3n) is 7.49. The van der Waals surface area contributed by atoms with Crippen LogP contribution >= 0.6 is 0 Å². The van der Waals surface area contributed by atoms with Gasteiger partial charge in [-0.2, -0.15) is 5.26 Å². The Labute approximate surface area is 228 Å². The van der Waals surface area contributed by atoms with Gasteiger partial charge in [0.25, 0.3) is 5.91 Å². The summed E-state index contributed by atoms with van der Waals surface area (Å²) in [6.07, 6.45) is 4.87. The lowest BCUT2D eigenvalue weighted by atomic mass is 9.76. The molecular weight excluding hydrogens is 501 g/mol. The molecule has 3 amide bonds. The van der Waals surface area contributed by atoms with Crippen molar-refractivity contribution < 1.29 is 28.8 Å².